The van der Waals surface area contributed by atoms with E-state index in [4.69, 9.17) is 4.74 Å². The summed E-state index contributed by atoms with van der Waals surface area (Å²) in [6, 6.07) is 5.48. The van der Waals surface area contributed by atoms with Gasteiger partial charge < -0.3 is 15.4 Å². The molecule has 0 aromatic heterocycles. The van der Waals surface area contributed by atoms with Crippen molar-refractivity contribution in [3.8, 4) is 5.75 Å². The number of methoxy groups -OCH3 is 1. The summed E-state index contributed by atoms with van der Waals surface area (Å²) in [6.07, 6.45) is 0. The van der Waals surface area contributed by atoms with Crippen LogP contribution in [-0.4, -0.2) is 25.5 Å². The Morgan fingerprint density at radius 1 is 1.35 bits per heavy atom. The van der Waals surface area contributed by atoms with Gasteiger partial charge in [0.1, 0.15) is 5.75 Å². The van der Waals surface area contributed by atoms with Gasteiger partial charge in [0.05, 0.1) is 19.3 Å². The molecule has 5 nitrogen and oxygen atoms in total. The third kappa shape index (κ3) is 4.14. The Labute approximate surface area is 100 Å². The molecule has 0 unspecified atom stereocenters. The van der Waals surface area contributed by atoms with E-state index < -0.39 is 0 Å². The lowest BCUT2D eigenvalue weighted by atomic mass is 10.2. The summed E-state index contributed by atoms with van der Waals surface area (Å²) in [4.78, 5) is 22.2. The molecule has 0 saturated heterocycles. The van der Waals surface area contributed by atoms with Crippen molar-refractivity contribution >= 4 is 17.5 Å². The van der Waals surface area contributed by atoms with Crippen molar-refractivity contribution in [2.75, 3.05) is 19.0 Å². The quantitative estimate of drug-likeness (QED) is 0.822. The number of hydrogen-bond acceptors (Lipinski definition) is 3. The summed E-state index contributed by atoms with van der Waals surface area (Å²) in [5.41, 5.74) is 1.61. The van der Waals surface area contributed by atoms with E-state index in [0.29, 0.717) is 11.4 Å². The van der Waals surface area contributed by atoms with Gasteiger partial charge in [0.15, 0.2) is 0 Å². The van der Waals surface area contributed by atoms with Gasteiger partial charge in [-0.2, -0.15) is 0 Å². The maximum atomic E-state index is 11.5. The molecule has 92 valence electrons. The molecule has 0 bridgehead atoms. The smallest absolute Gasteiger partial charge is 0.243 e. The van der Waals surface area contributed by atoms with E-state index in [0.717, 1.165) is 5.56 Å². The largest absolute Gasteiger partial charge is 0.495 e. The lowest BCUT2D eigenvalue weighted by molar-refractivity contribution is -0.122. The molecule has 0 radical (unpaired) electrons. The fourth-order valence-electron chi connectivity index (χ4n) is 1.32. The number of rotatable bonds is 4. The highest BCUT2D eigenvalue weighted by Gasteiger charge is 2.07. The second kappa shape index (κ2) is 5.89. The fraction of sp³-hybridized carbons (Fsp3) is 0.333. The van der Waals surface area contributed by atoms with E-state index in [1.165, 1.54) is 14.0 Å². The minimum Gasteiger partial charge on any atom is -0.495 e. The third-order valence-corrected chi connectivity index (χ3v) is 2.13. The average molecular weight is 236 g/mol. The van der Waals surface area contributed by atoms with Gasteiger partial charge in [0.25, 0.3) is 0 Å². The number of benzene rings is 1. The third-order valence-electron chi connectivity index (χ3n) is 2.13. The highest BCUT2D eigenvalue weighted by Crippen LogP contribution is 2.24. The Morgan fingerprint density at radius 2 is 2.06 bits per heavy atom. The highest BCUT2D eigenvalue weighted by molar-refractivity contribution is 5.95. The predicted octanol–water partition coefficient (Wildman–Crippen LogP) is 1.08. The predicted molar refractivity (Wildman–Crippen MR) is 65.0 cm³/mol. The molecular formula is C12H16N2O3. The van der Waals surface area contributed by atoms with Crippen molar-refractivity contribution in [2.45, 2.75) is 13.8 Å². The van der Waals surface area contributed by atoms with Crippen molar-refractivity contribution in [1.82, 2.24) is 5.32 Å². The molecule has 0 saturated carbocycles. The molecule has 2 N–H and O–H groups in total. The number of ether oxygens (including phenoxy) is 1. The molecule has 1 aromatic carbocycles. The summed E-state index contributed by atoms with van der Waals surface area (Å²) in [6.45, 7) is 3.23. The normalized spacial score (nSPS) is 9.59. The summed E-state index contributed by atoms with van der Waals surface area (Å²) in [7, 11) is 1.54. The molecule has 0 spiro atoms. The summed E-state index contributed by atoms with van der Waals surface area (Å²) in [5, 5.41) is 5.10. The number of hydrogen-bond donors (Lipinski definition) is 2. The molecule has 2 amide bonds. The first-order chi connectivity index (χ1) is 8.02. The standard InChI is InChI=1S/C12H16N2O3/c1-8-4-5-11(17-3)10(6-8)14-12(16)7-13-9(2)15/h4-6H,7H2,1-3H3,(H,13,15)(H,14,16). The molecule has 0 aliphatic carbocycles. The van der Waals surface area contributed by atoms with Gasteiger partial charge in [-0.05, 0) is 24.6 Å². The second-order valence-corrected chi connectivity index (χ2v) is 3.66. The van der Waals surface area contributed by atoms with Crippen LogP contribution in [0.3, 0.4) is 0 Å². The first-order valence-corrected chi connectivity index (χ1v) is 5.22. The molecule has 0 atom stereocenters. The minimum absolute atomic E-state index is 0.0492. The molecule has 0 aliphatic rings. The van der Waals surface area contributed by atoms with Crippen LogP contribution >= 0.6 is 0 Å². The first-order valence-electron chi connectivity index (χ1n) is 5.22. The topological polar surface area (TPSA) is 67.4 Å². The van der Waals surface area contributed by atoms with Crippen LogP contribution in [0.15, 0.2) is 18.2 Å². The van der Waals surface area contributed by atoms with Crippen LogP contribution in [0.1, 0.15) is 12.5 Å². The van der Waals surface area contributed by atoms with Crippen molar-refractivity contribution < 1.29 is 14.3 Å². The van der Waals surface area contributed by atoms with E-state index in [-0.39, 0.29) is 18.4 Å². The van der Waals surface area contributed by atoms with Crippen molar-refractivity contribution in [3.63, 3.8) is 0 Å². The van der Waals surface area contributed by atoms with Crippen LogP contribution in [0, 0.1) is 6.92 Å². The fourth-order valence-corrected chi connectivity index (χ4v) is 1.32. The van der Waals surface area contributed by atoms with Crippen LogP contribution < -0.4 is 15.4 Å². The zero-order valence-corrected chi connectivity index (χ0v) is 10.2. The van der Waals surface area contributed by atoms with Crippen LogP contribution in [0.25, 0.3) is 0 Å². The van der Waals surface area contributed by atoms with E-state index in [1.807, 2.05) is 19.1 Å². The van der Waals surface area contributed by atoms with Gasteiger partial charge in [-0.3, -0.25) is 9.59 Å². The van der Waals surface area contributed by atoms with E-state index in [1.54, 1.807) is 6.07 Å². The molecule has 0 aliphatic heterocycles. The molecule has 5 heteroatoms. The molecule has 1 rings (SSSR count). The van der Waals surface area contributed by atoms with Gasteiger partial charge >= 0.3 is 0 Å². The van der Waals surface area contributed by atoms with E-state index in [2.05, 4.69) is 10.6 Å². The summed E-state index contributed by atoms with van der Waals surface area (Å²) < 4.78 is 5.12. The lowest BCUT2D eigenvalue weighted by Crippen LogP contribution is -2.31. The number of anilines is 1. The monoisotopic (exact) mass is 236 g/mol. The molecule has 0 fully saturated rings. The van der Waals surface area contributed by atoms with Crippen molar-refractivity contribution in [1.29, 1.82) is 0 Å². The Hall–Kier alpha value is -2.04. The lowest BCUT2D eigenvalue weighted by Gasteiger charge is -2.11. The van der Waals surface area contributed by atoms with Crippen LogP contribution in [-0.2, 0) is 9.59 Å². The number of nitrogens with one attached hydrogen (secondary N) is 2. The maximum Gasteiger partial charge on any atom is 0.243 e. The summed E-state index contributed by atoms with van der Waals surface area (Å²) >= 11 is 0. The second-order valence-electron chi connectivity index (χ2n) is 3.66. The highest BCUT2D eigenvalue weighted by atomic mass is 16.5. The molecule has 0 heterocycles. The molecule has 1 aromatic rings. The number of carbonyl (C=O) groups excluding carboxylic acids is 2. The van der Waals surface area contributed by atoms with Crippen molar-refractivity contribution in [3.05, 3.63) is 23.8 Å². The zero-order valence-electron chi connectivity index (χ0n) is 10.2. The molecular weight excluding hydrogens is 220 g/mol. The van der Waals surface area contributed by atoms with Gasteiger partial charge in [-0.15, -0.1) is 0 Å². The number of aryl methyl sites for hydroxylation is 1. The van der Waals surface area contributed by atoms with Gasteiger partial charge in [0, 0.05) is 6.92 Å². The molecule has 17 heavy (non-hydrogen) atoms. The zero-order chi connectivity index (χ0) is 12.8. The Bertz CT molecular complexity index is 430. The first kappa shape index (κ1) is 13.0. The van der Waals surface area contributed by atoms with Crippen molar-refractivity contribution in [2.24, 2.45) is 0 Å². The van der Waals surface area contributed by atoms with E-state index in [9.17, 15) is 9.59 Å². The Kier molecular flexibility index (Phi) is 4.51. The average Bonchev–Trinajstić information content (AvgIpc) is 2.27. The summed E-state index contributed by atoms with van der Waals surface area (Å²) in [5.74, 6) is 0.0623. The maximum absolute atomic E-state index is 11.5. The Morgan fingerprint density at radius 3 is 2.65 bits per heavy atom. The van der Waals surface area contributed by atoms with Gasteiger partial charge in [-0.1, -0.05) is 6.07 Å². The minimum atomic E-state index is -0.288. The SMILES string of the molecule is COc1ccc(C)cc1NC(=O)CNC(C)=O. The Balaban J connectivity index is 2.69. The van der Waals surface area contributed by atoms with Gasteiger partial charge in [-0.25, -0.2) is 0 Å². The van der Waals surface area contributed by atoms with E-state index >= 15 is 0 Å². The van der Waals surface area contributed by atoms with Gasteiger partial charge in [0.2, 0.25) is 11.8 Å². The van der Waals surface area contributed by atoms with Crippen LogP contribution in [0.2, 0.25) is 0 Å². The number of carbonyl (C=O) groups is 2. The number of amides is 2. The van der Waals surface area contributed by atoms with Crippen LogP contribution in [0.5, 0.6) is 5.75 Å². The van der Waals surface area contributed by atoms with Crippen LogP contribution in [0.4, 0.5) is 5.69 Å².